The van der Waals surface area contributed by atoms with Crippen molar-refractivity contribution in [2.24, 2.45) is 24.8 Å². The lowest BCUT2D eigenvalue weighted by Gasteiger charge is -2.17. The number of benzene rings is 2. The van der Waals surface area contributed by atoms with Crippen LogP contribution in [-0.4, -0.2) is 77.2 Å². The summed E-state index contributed by atoms with van der Waals surface area (Å²) >= 11 is 0. The van der Waals surface area contributed by atoms with Gasteiger partial charge in [0.2, 0.25) is 5.91 Å². The standard InChI is InChI=1S/C34H36N6O3/c1-38(18-19-42-3)17-7-10-30(41)40-20-27-26(28(27)21-40)15-16-29-31(32-33(35)36-22-37-34(32)39(29)2)23-11-13-25(14-12-23)43-24-8-5-4-6-9-24/h4-14,22,26-28H,17-21H2,1-3H3,(H2,35,36,37)/b10-7+/t26-,27-,28+. The summed E-state index contributed by atoms with van der Waals surface area (Å²) in [5.74, 6) is 10.1. The predicted octanol–water partition coefficient (Wildman–Crippen LogP) is 4.20. The van der Waals surface area contributed by atoms with Crippen LogP contribution in [0.5, 0.6) is 11.5 Å². The van der Waals surface area contributed by atoms with E-state index >= 15 is 0 Å². The van der Waals surface area contributed by atoms with Crippen LogP contribution in [0.25, 0.3) is 22.2 Å². The number of nitrogen functional groups attached to an aromatic ring is 1. The van der Waals surface area contributed by atoms with Crippen LogP contribution in [0.15, 0.2) is 73.1 Å². The number of piperidine rings is 1. The molecule has 220 valence electrons. The summed E-state index contributed by atoms with van der Waals surface area (Å²) < 4.78 is 13.1. The van der Waals surface area contributed by atoms with Crippen molar-refractivity contribution in [1.29, 1.82) is 0 Å². The lowest BCUT2D eigenvalue weighted by Crippen LogP contribution is -2.30. The average molecular weight is 577 g/mol. The molecule has 1 aliphatic carbocycles. The number of aryl methyl sites for hydroxylation is 1. The first-order valence-electron chi connectivity index (χ1n) is 14.5. The maximum absolute atomic E-state index is 12.7. The van der Waals surface area contributed by atoms with Gasteiger partial charge in [-0.1, -0.05) is 42.3 Å². The molecule has 1 saturated heterocycles. The minimum Gasteiger partial charge on any atom is -0.457 e. The van der Waals surface area contributed by atoms with Crippen molar-refractivity contribution < 1.29 is 14.3 Å². The maximum atomic E-state index is 12.7. The van der Waals surface area contributed by atoms with Gasteiger partial charge in [0.15, 0.2) is 0 Å². The quantitative estimate of drug-likeness (QED) is 0.236. The number of carbonyl (C=O) groups is 1. The fourth-order valence-corrected chi connectivity index (χ4v) is 5.87. The fourth-order valence-electron chi connectivity index (χ4n) is 5.87. The first-order chi connectivity index (χ1) is 20.9. The Morgan fingerprint density at radius 3 is 2.53 bits per heavy atom. The zero-order valence-electron chi connectivity index (χ0n) is 24.7. The van der Waals surface area contributed by atoms with Crippen molar-refractivity contribution in [3.05, 3.63) is 78.8 Å². The van der Waals surface area contributed by atoms with Gasteiger partial charge in [0.05, 0.1) is 12.0 Å². The number of ether oxygens (including phenoxy) is 2. The van der Waals surface area contributed by atoms with Crippen molar-refractivity contribution in [2.45, 2.75) is 0 Å². The van der Waals surface area contributed by atoms with Gasteiger partial charge in [0.1, 0.15) is 35.0 Å². The van der Waals surface area contributed by atoms with E-state index in [1.165, 1.54) is 6.33 Å². The molecule has 9 heteroatoms. The Labute approximate surface area is 251 Å². The summed E-state index contributed by atoms with van der Waals surface area (Å²) in [6, 6.07) is 17.6. The maximum Gasteiger partial charge on any atom is 0.246 e. The van der Waals surface area contributed by atoms with Gasteiger partial charge in [0, 0.05) is 57.9 Å². The highest BCUT2D eigenvalue weighted by Gasteiger charge is 2.55. The number of anilines is 1. The van der Waals surface area contributed by atoms with E-state index in [9.17, 15) is 4.79 Å². The highest BCUT2D eigenvalue weighted by molar-refractivity contribution is 6.03. The van der Waals surface area contributed by atoms with Crippen molar-refractivity contribution in [3.8, 4) is 34.5 Å². The third-order valence-electron chi connectivity index (χ3n) is 8.34. The van der Waals surface area contributed by atoms with E-state index < -0.39 is 0 Å². The number of methoxy groups -OCH3 is 1. The van der Waals surface area contributed by atoms with Gasteiger partial charge in [-0.15, -0.1) is 0 Å². The van der Waals surface area contributed by atoms with Crippen molar-refractivity contribution in [2.75, 3.05) is 52.7 Å². The molecule has 6 rings (SSSR count). The number of likely N-dealkylation sites (tertiary alicyclic amines) is 1. The van der Waals surface area contributed by atoms with E-state index in [1.54, 1.807) is 13.2 Å². The second-order valence-corrected chi connectivity index (χ2v) is 11.2. The van der Waals surface area contributed by atoms with Crippen LogP contribution in [0.2, 0.25) is 0 Å². The second kappa shape index (κ2) is 12.3. The Morgan fingerprint density at radius 2 is 1.81 bits per heavy atom. The van der Waals surface area contributed by atoms with Gasteiger partial charge < -0.3 is 29.6 Å². The minimum absolute atomic E-state index is 0.0729. The van der Waals surface area contributed by atoms with E-state index in [-0.39, 0.29) is 11.8 Å². The van der Waals surface area contributed by atoms with Crippen LogP contribution < -0.4 is 10.5 Å². The number of fused-ring (bicyclic) bond motifs is 2. The summed E-state index contributed by atoms with van der Waals surface area (Å²) in [4.78, 5) is 25.6. The zero-order valence-corrected chi connectivity index (χ0v) is 24.7. The van der Waals surface area contributed by atoms with Gasteiger partial charge in [-0.25, -0.2) is 9.97 Å². The van der Waals surface area contributed by atoms with Gasteiger partial charge in [-0.2, -0.15) is 0 Å². The third-order valence-corrected chi connectivity index (χ3v) is 8.34. The van der Waals surface area contributed by atoms with Gasteiger partial charge in [-0.05, 0) is 54.6 Å². The number of nitrogens with two attached hydrogens (primary N) is 1. The monoisotopic (exact) mass is 576 g/mol. The third kappa shape index (κ3) is 5.98. The first-order valence-corrected chi connectivity index (χ1v) is 14.5. The van der Waals surface area contributed by atoms with Gasteiger partial charge in [0.25, 0.3) is 0 Å². The molecule has 0 spiro atoms. The molecular weight excluding hydrogens is 540 g/mol. The molecule has 3 atom stereocenters. The summed E-state index contributed by atoms with van der Waals surface area (Å²) in [6.45, 7) is 3.71. The van der Waals surface area contributed by atoms with Crippen LogP contribution in [0.3, 0.4) is 0 Å². The van der Waals surface area contributed by atoms with Gasteiger partial charge in [-0.3, -0.25) is 4.79 Å². The van der Waals surface area contributed by atoms with Crippen LogP contribution >= 0.6 is 0 Å². The fraction of sp³-hybridized carbons (Fsp3) is 0.324. The van der Waals surface area contributed by atoms with Crippen molar-refractivity contribution in [1.82, 2.24) is 24.3 Å². The number of para-hydroxylation sites is 1. The van der Waals surface area contributed by atoms with Gasteiger partial charge >= 0.3 is 0 Å². The number of hydrogen-bond acceptors (Lipinski definition) is 7. The topological polar surface area (TPSA) is 98.7 Å². The van der Waals surface area contributed by atoms with Crippen LogP contribution in [0.4, 0.5) is 5.82 Å². The Bertz CT molecular complexity index is 1690. The minimum atomic E-state index is 0.0729. The lowest BCUT2D eigenvalue weighted by molar-refractivity contribution is -0.125. The Hall–Kier alpha value is -4.65. The molecule has 0 unspecified atom stereocenters. The summed E-state index contributed by atoms with van der Waals surface area (Å²) in [6.07, 6.45) is 5.10. The molecule has 2 N–H and O–H groups in total. The second-order valence-electron chi connectivity index (χ2n) is 11.2. The van der Waals surface area contributed by atoms with Crippen LogP contribution in [-0.2, 0) is 16.6 Å². The molecule has 0 radical (unpaired) electrons. The molecule has 9 nitrogen and oxygen atoms in total. The number of carbonyl (C=O) groups excluding carboxylic acids is 1. The average Bonchev–Trinajstić information content (AvgIpc) is 3.31. The molecule has 4 aromatic rings. The Morgan fingerprint density at radius 1 is 1.09 bits per heavy atom. The van der Waals surface area contributed by atoms with E-state index in [4.69, 9.17) is 15.2 Å². The number of rotatable bonds is 9. The van der Waals surface area contributed by atoms with E-state index in [0.717, 1.165) is 65.5 Å². The predicted molar refractivity (Wildman–Crippen MR) is 167 cm³/mol. The number of hydrogen-bond donors (Lipinski definition) is 1. The summed E-state index contributed by atoms with van der Waals surface area (Å²) in [5.41, 5.74) is 9.84. The smallest absolute Gasteiger partial charge is 0.246 e. The number of aromatic nitrogens is 3. The number of likely N-dealkylation sites (N-methyl/N-ethyl adjacent to an activating group) is 1. The Kier molecular flexibility index (Phi) is 8.14. The molecule has 3 heterocycles. The van der Waals surface area contributed by atoms with Crippen LogP contribution in [0, 0.1) is 29.6 Å². The Balaban J connectivity index is 1.18. The summed E-state index contributed by atoms with van der Waals surface area (Å²) in [7, 11) is 5.67. The highest BCUT2D eigenvalue weighted by Crippen LogP contribution is 2.51. The van der Waals surface area contributed by atoms with E-state index in [1.807, 2.05) is 84.2 Å². The molecule has 2 aromatic heterocycles. The SMILES string of the molecule is COCCN(C)C/C=C/C(=O)N1C[C@@H]2[C@@H](C#Cc3c(-c4ccc(Oc5ccccc5)cc4)c4c(N)ncnc4n3C)[C@@H]2C1. The highest BCUT2D eigenvalue weighted by atomic mass is 16.5. The number of nitrogens with zero attached hydrogens (tertiary/aromatic N) is 5. The molecular formula is C34H36N6O3. The van der Waals surface area contributed by atoms with Crippen LogP contribution in [0.1, 0.15) is 5.69 Å². The van der Waals surface area contributed by atoms with Crippen molar-refractivity contribution in [3.63, 3.8) is 0 Å². The first kappa shape index (κ1) is 28.5. The molecule has 43 heavy (non-hydrogen) atoms. The van der Waals surface area contributed by atoms with E-state index in [0.29, 0.717) is 24.3 Å². The number of amides is 1. The summed E-state index contributed by atoms with van der Waals surface area (Å²) in [5, 5.41) is 0.790. The molecule has 0 bridgehead atoms. The molecule has 1 amide bonds. The van der Waals surface area contributed by atoms with Crippen molar-refractivity contribution >= 4 is 22.8 Å². The normalized spacial score (nSPS) is 19.1. The molecule has 2 fully saturated rings. The zero-order chi connectivity index (χ0) is 29.9. The molecule has 1 aliphatic heterocycles. The molecule has 2 aliphatic rings. The van der Waals surface area contributed by atoms with E-state index in [2.05, 4.69) is 26.7 Å². The molecule has 2 aromatic carbocycles. The lowest BCUT2D eigenvalue weighted by atomic mass is 10.0. The largest absolute Gasteiger partial charge is 0.457 e. The molecule has 1 saturated carbocycles.